The van der Waals surface area contributed by atoms with E-state index in [0.717, 1.165) is 0 Å². The molecule has 1 atom stereocenters. The predicted octanol–water partition coefficient (Wildman–Crippen LogP) is 2.15. The largest absolute Gasteiger partial charge is 0.465 e. The van der Waals surface area contributed by atoms with Crippen molar-refractivity contribution in [3.05, 3.63) is 0 Å². The van der Waals surface area contributed by atoms with Crippen molar-refractivity contribution in [3.63, 3.8) is 0 Å². The van der Waals surface area contributed by atoms with Crippen molar-refractivity contribution in [2.45, 2.75) is 47.5 Å². The van der Waals surface area contributed by atoms with Gasteiger partial charge in [-0.15, -0.1) is 0 Å². The third-order valence-corrected chi connectivity index (χ3v) is 3.09. The van der Waals surface area contributed by atoms with E-state index in [1.807, 2.05) is 20.8 Å². The highest BCUT2D eigenvalue weighted by atomic mass is 16.5. The molecule has 0 aliphatic heterocycles. The van der Waals surface area contributed by atoms with Crippen LogP contribution in [0.15, 0.2) is 0 Å². The lowest BCUT2D eigenvalue weighted by Gasteiger charge is -2.22. The molecule has 0 heterocycles. The standard InChI is InChI=1S/C13H22O4/c1-6-13(4,5)11(15)8-10(9(3)14)12(16)17-7-2/h10H,6-8H2,1-5H3/t10-/m1/s1. The number of carbonyl (C=O) groups is 3. The molecular formula is C13H22O4. The minimum absolute atomic E-state index is 0.0605. The van der Waals surface area contributed by atoms with Gasteiger partial charge in [0.2, 0.25) is 0 Å². The number of carbonyl (C=O) groups excluding carboxylic acids is 3. The Morgan fingerprint density at radius 3 is 2.06 bits per heavy atom. The molecule has 0 aliphatic carbocycles. The molecule has 98 valence electrons. The Morgan fingerprint density at radius 1 is 1.18 bits per heavy atom. The van der Waals surface area contributed by atoms with Crippen molar-refractivity contribution in [3.8, 4) is 0 Å². The van der Waals surface area contributed by atoms with Crippen molar-refractivity contribution in [2.75, 3.05) is 6.61 Å². The van der Waals surface area contributed by atoms with Crippen molar-refractivity contribution >= 4 is 17.5 Å². The Bertz CT molecular complexity index is 305. The highest BCUT2D eigenvalue weighted by Gasteiger charge is 2.33. The van der Waals surface area contributed by atoms with Crippen LogP contribution >= 0.6 is 0 Å². The van der Waals surface area contributed by atoms with E-state index < -0.39 is 17.3 Å². The minimum atomic E-state index is -0.951. The molecule has 0 unspecified atom stereocenters. The van der Waals surface area contributed by atoms with Gasteiger partial charge in [-0.25, -0.2) is 0 Å². The Hall–Kier alpha value is -1.19. The van der Waals surface area contributed by atoms with Gasteiger partial charge in [0.1, 0.15) is 17.5 Å². The van der Waals surface area contributed by atoms with E-state index in [-0.39, 0.29) is 24.6 Å². The van der Waals surface area contributed by atoms with Gasteiger partial charge >= 0.3 is 5.97 Å². The highest BCUT2D eigenvalue weighted by molar-refractivity contribution is 6.02. The monoisotopic (exact) mass is 242 g/mol. The Morgan fingerprint density at radius 2 is 1.71 bits per heavy atom. The summed E-state index contributed by atoms with van der Waals surface area (Å²) in [7, 11) is 0. The molecule has 0 N–H and O–H groups in total. The number of esters is 1. The van der Waals surface area contributed by atoms with Crippen LogP contribution in [-0.4, -0.2) is 24.1 Å². The molecule has 0 aliphatic rings. The maximum atomic E-state index is 12.0. The summed E-state index contributed by atoms with van der Waals surface area (Å²) in [5.41, 5.74) is -0.500. The van der Waals surface area contributed by atoms with Crippen molar-refractivity contribution in [1.82, 2.24) is 0 Å². The Labute approximate surface area is 103 Å². The van der Waals surface area contributed by atoms with Crippen LogP contribution in [0.1, 0.15) is 47.5 Å². The summed E-state index contributed by atoms with van der Waals surface area (Å²) in [4.78, 5) is 34.9. The second-order valence-electron chi connectivity index (χ2n) is 4.78. The van der Waals surface area contributed by atoms with Gasteiger partial charge in [-0.2, -0.15) is 0 Å². The average Bonchev–Trinajstić information content (AvgIpc) is 2.25. The van der Waals surface area contributed by atoms with Crippen LogP contribution in [0.2, 0.25) is 0 Å². The van der Waals surface area contributed by atoms with Crippen LogP contribution in [0.3, 0.4) is 0 Å². The lowest BCUT2D eigenvalue weighted by Crippen LogP contribution is -2.32. The van der Waals surface area contributed by atoms with Gasteiger partial charge in [-0.05, 0) is 20.3 Å². The smallest absolute Gasteiger partial charge is 0.316 e. The predicted molar refractivity (Wildman–Crippen MR) is 64.5 cm³/mol. The number of ketones is 2. The molecule has 0 aromatic heterocycles. The molecule has 0 bridgehead atoms. The lowest BCUT2D eigenvalue weighted by molar-refractivity contribution is -0.153. The molecular weight excluding hydrogens is 220 g/mol. The van der Waals surface area contributed by atoms with Crippen LogP contribution in [0.5, 0.6) is 0 Å². The average molecular weight is 242 g/mol. The zero-order valence-electron chi connectivity index (χ0n) is 11.3. The molecule has 0 fully saturated rings. The molecule has 0 spiro atoms. The van der Waals surface area contributed by atoms with Gasteiger partial charge in [-0.3, -0.25) is 14.4 Å². The quantitative estimate of drug-likeness (QED) is 0.507. The number of rotatable bonds is 7. The zero-order chi connectivity index (χ0) is 13.6. The first-order valence-corrected chi connectivity index (χ1v) is 5.96. The Kier molecular flexibility index (Phi) is 6.07. The fourth-order valence-electron chi connectivity index (χ4n) is 1.29. The first kappa shape index (κ1) is 15.8. The molecule has 4 heteroatoms. The SMILES string of the molecule is CCOC(=O)[C@H](CC(=O)C(C)(C)CC)C(C)=O. The van der Waals surface area contributed by atoms with Gasteiger partial charge in [0, 0.05) is 11.8 Å². The summed E-state index contributed by atoms with van der Waals surface area (Å²) in [5, 5.41) is 0. The summed E-state index contributed by atoms with van der Waals surface area (Å²) < 4.78 is 4.80. The van der Waals surface area contributed by atoms with E-state index in [9.17, 15) is 14.4 Å². The maximum Gasteiger partial charge on any atom is 0.316 e. The number of hydrogen-bond acceptors (Lipinski definition) is 4. The third-order valence-electron chi connectivity index (χ3n) is 3.09. The van der Waals surface area contributed by atoms with Gasteiger partial charge in [0.05, 0.1) is 6.61 Å². The van der Waals surface area contributed by atoms with E-state index in [1.165, 1.54) is 6.92 Å². The minimum Gasteiger partial charge on any atom is -0.465 e. The molecule has 0 aromatic rings. The van der Waals surface area contributed by atoms with Gasteiger partial charge in [-0.1, -0.05) is 20.8 Å². The summed E-state index contributed by atoms with van der Waals surface area (Å²) in [6.45, 7) is 8.75. The first-order chi connectivity index (χ1) is 7.76. The van der Waals surface area contributed by atoms with Crippen LogP contribution in [-0.2, 0) is 19.1 Å². The molecule has 0 amide bonds. The van der Waals surface area contributed by atoms with Gasteiger partial charge in [0.25, 0.3) is 0 Å². The topological polar surface area (TPSA) is 60.4 Å². The normalized spacial score (nSPS) is 13.0. The van der Waals surface area contributed by atoms with Crippen molar-refractivity contribution in [1.29, 1.82) is 0 Å². The summed E-state index contributed by atoms with van der Waals surface area (Å²) in [6, 6.07) is 0. The molecule has 0 rings (SSSR count). The van der Waals surface area contributed by atoms with Crippen LogP contribution in [0.4, 0.5) is 0 Å². The molecule has 4 nitrogen and oxygen atoms in total. The van der Waals surface area contributed by atoms with E-state index in [4.69, 9.17) is 4.74 Å². The van der Waals surface area contributed by atoms with Gasteiger partial charge in [0.15, 0.2) is 0 Å². The molecule has 0 aromatic carbocycles. The lowest BCUT2D eigenvalue weighted by atomic mass is 9.80. The third kappa shape index (κ3) is 4.67. The van der Waals surface area contributed by atoms with E-state index in [0.29, 0.717) is 6.42 Å². The van der Waals surface area contributed by atoms with Gasteiger partial charge < -0.3 is 4.74 Å². The van der Waals surface area contributed by atoms with Crippen LogP contribution < -0.4 is 0 Å². The van der Waals surface area contributed by atoms with Crippen LogP contribution in [0, 0.1) is 11.3 Å². The number of ether oxygens (including phenoxy) is 1. The molecule has 0 radical (unpaired) electrons. The zero-order valence-corrected chi connectivity index (χ0v) is 11.3. The fourth-order valence-corrected chi connectivity index (χ4v) is 1.29. The Balaban J connectivity index is 4.73. The van der Waals surface area contributed by atoms with E-state index in [1.54, 1.807) is 6.92 Å². The first-order valence-electron chi connectivity index (χ1n) is 5.96. The van der Waals surface area contributed by atoms with Crippen molar-refractivity contribution < 1.29 is 19.1 Å². The molecule has 0 saturated carbocycles. The summed E-state index contributed by atoms with van der Waals surface area (Å²) in [6.07, 6.45) is 0.619. The summed E-state index contributed by atoms with van der Waals surface area (Å²) in [5.74, 6) is -1.94. The highest BCUT2D eigenvalue weighted by Crippen LogP contribution is 2.25. The summed E-state index contributed by atoms with van der Waals surface area (Å²) >= 11 is 0. The molecule has 17 heavy (non-hydrogen) atoms. The van der Waals surface area contributed by atoms with Crippen molar-refractivity contribution in [2.24, 2.45) is 11.3 Å². The second kappa shape index (κ2) is 6.52. The number of hydrogen-bond donors (Lipinski definition) is 0. The number of Topliss-reactive ketones (excluding diaryl/α,β-unsaturated/α-hetero) is 2. The maximum absolute atomic E-state index is 12.0. The molecule has 0 saturated heterocycles. The fraction of sp³-hybridized carbons (Fsp3) is 0.769. The van der Waals surface area contributed by atoms with E-state index >= 15 is 0 Å². The second-order valence-corrected chi connectivity index (χ2v) is 4.78. The van der Waals surface area contributed by atoms with E-state index in [2.05, 4.69) is 0 Å². The van der Waals surface area contributed by atoms with Crippen LogP contribution in [0.25, 0.3) is 0 Å².